The number of ether oxygens (including phenoxy) is 1. The third kappa shape index (κ3) is 3.76. The average molecular weight is 351 g/mol. The van der Waals surface area contributed by atoms with Gasteiger partial charge in [-0.2, -0.15) is 0 Å². The number of morpholine rings is 1. The summed E-state index contributed by atoms with van der Waals surface area (Å²) in [6, 6.07) is 15.8. The van der Waals surface area contributed by atoms with Crippen LogP contribution >= 0.6 is 0 Å². The first-order chi connectivity index (χ1) is 12.7. The summed E-state index contributed by atoms with van der Waals surface area (Å²) in [5.41, 5.74) is 2.73. The lowest BCUT2D eigenvalue weighted by Gasteiger charge is -2.44. The smallest absolute Gasteiger partial charge is 0.128 e. The fraction of sp³-hybridized carbons (Fsp3) is 0.500. The molecule has 1 aromatic heterocycles. The maximum absolute atomic E-state index is 5.61. The van der Waals surface area contributed by atoms with Gasteiger partial charge in [0.2, 0.25) is 0 Å². The van der Waals surface area contributed by atoms with Crippen molar-refractivity contribution in [3.8, 4) is 0 Å². The van der Waals surface area contributed by atoms with Crippen LogP contribution in [0, 0.1) is 5.92 Å². The Labute approximate surface area is 156 Å². The molecule has 0 spiro atoms. The number of pyridine rings is 1. The van der Waals surface area contributed by atoms with Crippen LogP contribution in [0.25, 0.3) is 0 Å². The molecular formula is C22H29N3O. The third-order valence-electron chi connectivity index (χ3n) is 5.95. The van der Waals surface area contributed by atoms with E-state index in [2.05, 4.69) is 71.5 Å². The maximum atomic E-state index is 5.61. The summed E-state index contributed by atoms with van der Waals surface area (Å²) in [4.78, 5) is 6.98. The molecule has 0 radical (unpaired) electrons. The van der Waals surface area contributed by atoms with Crippen molar-refractivity contribution in [3.63, 3.8) is 0 Å². The Morgan fingerprint density at radius 1 is 1.15 bits per heavy atom. The predicted molar refractivity (Wildman–Crippen MR) is 105 cm³/mol. The Balaban J connectivity index is 1.28. The number of rotatable bonds is 5. The lowest BCUT2D eigenvalue weighted by atomic mass is 9.67. The first-order valence-corrected chi connectivity index (χ1v) is 9.80. The van der Waals surface area contributed by atoms with E-state index in [9.17, 15) is 0 Å². The summed E-state index contributed by atoms with van der Waals surface area (Å²) in [5.74, 6) is 2.43. The molecule has 4 rings (SSSR count). The number of nitrogens with one attached hydrogen (secondary N) is 1. The zero-order valence-electron chi connectivity index (χ0n) is 15.8. The number of nitrogens with zero attached hydrogens (tertiary/aromatic N) is 2. The standard InChI is InChI=1S/C22H29N3O/c1-16-15-25(10-11-26-16)22-9-8-18(14-24-22)13-23-21-12-20(17(21)2)19-6-4-3-5-7-19/h3-9,14,16-17,20-21,23H,10-13,15H2,1-2H3/t16-,17+,20-,21-/m1/s1. The summed E-state index contributed by atoms with van der Waals surface area (Å²) >= 11 is 0. The number of hydrogen-bond acceptors (Lipinski definition) is 4. The fourth-order valence-electron chi connectivity index (χ4n) is 4.18. The summed E-state index contributed by atoms with van der Waals surface area (Å²) in [6.07, 6.45) is 3.52. The molecule has 1 aliphatic carbocycles. The normalized spacial score (nSPS) is 28.6. The molecule has 0 bridgehead atoms. The van der Waals surface area contributed by atoms with Crippen LogP contribution in [0.1, 0.15) is 37.3 Å². The summed E-state index contributed by atoms with van der Waals surface area (Å²) in [5, 5.41) is 3.72. The van der Waals surface area contributed by atoms with E-state index < -0.39 is 0 Å². The van der Waals surface area contributed by atoms with E-state index in [1.165, 1.54) is 17.5 Å². The molecule has 0 unspecified atom stereocenters. The zero-order chi connectivity index (χ0) is 17.9. The molecule has 1 saturated heterocycles. The minimum atomic E-state index is 0.282. The highest BCUT2D eigenvalue weighted by Crippen LogP contribution is 2.42. The van der Waals surface area contributed by atoms with E-state index >= 15 is 0 Å². The van der Waals surface area contributed by atoms with Gasteiger partial charge in [0.25, 0.3) is 0 Å². The monoisotopic (exact) mass is 351 g/mol. The highest BCUT2D eigenvalue weighted by Gasteiger charge is 2.37. The molecule has 2 aromatic rings. The molecule has 4 heteroatoms. The van der Waals surface area contributed by atoms with E-state index in [1.54, 1.807) is 0 Å². The highest BCUT2D eigenvalue weighted by atomic mass is 16.5. The van der Waals surface area contributed by atoms with Crippen LogP contribution in [-0.2, 0) is 11.3 Å². The third-order valence-corrected chi connectivity index (χ3v) is 5.95. The molecular weight excluding hydrogens is 322 g/mol. The Morgan fingerprint density at radius 2 is 2.00 bits per heavy atom. The Hall–Kier alpha value is -1.91. The van der Waals surface area contributed by atoms with Crippen LogP contribution in [0.2, 0.25) is 0 Å². The number of hydrogen-bond donors (Lipinski definition) is 1. The van der Waals surface area contributed by atoms with Gasteiger partial charge in [-0.15, -0.1) is 0 Å². The van der Waals surface area contributed by atoms with Crippen molar-refractivity contribution in [1.82, 2.24) is 10.3 Å². The van der Waals surface area contributed by atoms with E-state index in [-0.39, 0.29) is 6.10 Å². The molecule has 1 saturated carbocycles. The lowest BCUT2D eigenvalue weighted by Crippen LogP contribution is -2.47. The van der Waals surface area contributed by atoms with Gasteiger partial charge in [0.1, 0.15) is 5.82 Å². The van der Waals surface area contributed by atoms with Crippen LogP contribution in [0.3, 0.4) is 0 Å². The largest absolute Gasteiger partial charge is 0.375 e. The number of anilines is 1. The number of benzene rings is 1. The van der Waals surface area contributed by atoms with Gasteiger partial charge >= 0.3 is 0 Å². The molecule has 4 nitrogen and oxygen atoms in total. The predicted octanol–water partition coefficient (Wildman–Crippen LogP) is 3.59. The Morgan fingerprint density at radius 3 is 2.69 bits per heavy atom. The van der Waals surface area contributed by atoms with Gasteiger partial charge < -0.3 is 15.0 Å². The quantitative estimate of drug-likeness (QED) is 0.893. The van der Waals surface area contributed by atoms with Crippen molar-refractivity contribution in [3.05, 3.63) is 59.8 Å². The fourth-order valence-corrected chi connectivity index (χ4v) is 4.18. The van der Waals surface area contributed by atoms with Crippen molar-refractivity contribution >= 4 is 5.82 Å². The van der Waals surface area contributed by atoms with Crippen LogP contribution in [0.5, 0.6) is 0 Å². The van der Waals surface area contributed by atoms with Crippen LogP contribution in [0.15, 0.2) is 48.7 Å². The molecule has 4 atom stereocenters. The van der Waals surface area contributed by atoms with Crippen molar-refractivity contribution in [2.45, 2.75) is 44.9 Å². The molecule has 1 N–H and O–H groups in total. The van der Waals surface area contributed by atoms with Gasteiger partial charge in [-0.1, -0.05) is 43.3 Å². The molecule has 2 heterocycles. The number of aromatic nitrogens is 1. The van der Waals surface area contributed by atoms with Gasteiger partial charge in [0, 0.05) is 31.9 Å². The zero-order valence-corrected chi connectivity index (χ0v) is 15.8. The highest BCUT2D eigenvalue weighted by molar-refractivity contribution is 5.40. The van der Waals surface area contributed by atoms with Crippen molar-refractivity contribution < 1.29 is 4.74 Å². The van der Waals surface area contributed by atoms with Crippen LogP contribution in [0.4, 0.5) is 5.82 Å². The van der Waals surface area contributed by atoms with Gasteiger partial charge in [-0.3, -0.25) is 0 Å². The van der Waals surface area contributed by atoms with Gasteiger partial charge in [-0.25, -0.2) is 4.98 Å². The molecule has 0 amide bonds. The minimum Gasteiger partial charge on any atom is -0.375 e. The molecule has 2 aliphatic rings. The second kappa shape index (κ2) is 7.77. The van der Waals surface area contributed by atoms with E-state index in [0.717, 1.165) is 32.1 Å². The van der Waals surface area contributed by atoms with E-state index in [0.29, 0.717) is 17.9 Å². The summed E-state index contributed by atoms with van der Waals surface area (Å²) < 4.78 is 5.61. The van der Waals surface area contributed by atoms with Crippen molar-refractivity contribution in [2.75, 3.05) is 24.6 Å². The second-order valence-electron chi connectivity index (χ2n) is 7.75. The molecule has 26 heavy (non-hydrogen) atoms. The van der Waals surface area contributed by atoms with E-state index in [4.69, 9.17) is 4.74 Å². The maximum Gasteiger partial charge on any atom is 0.128 e. The average Bonchev–Trinajstić information content (AvgIpc) is 2.68. The van der Waals surface area contributed by atoms with Gasteiger partial charge in [0.05, 0.1) is 12.7 Å². The minimum absolute atomic E-state index is 0.282. The molecule has 138 valence electrons. The molecule has 1 aliphatic heterocycles. The SMILES string of the molecule is C[C@@H]1[C@H](NCc2ccc(N3CCO[C@H](C)C3)nc2)C[C@H]1c1ccccc1. The van der Waals surface area contributed by atoms with E-state index in [1.807, 2.05) is 6.20 Å². The van der Waals surface area contributed by atoms with Crippen molar-refractivity contribution in [2.24, 2.45) is 5.92 Å². The topological polar surface area (TPSA) is 37.4 Å². The summed E-state index contributed by atoms with van der Waals surface area (Å²) in [6.45, 7) is 8.00. The van der Waals surface area contributed by atoms with Gasteiger partial charge in [-0.05, 0) is 42.4 Å². The first kappa shape index (κ1) is 17.5. The van der Waals surface area contributed by atoms with Crippen molar-refractivity contribution in [1.29, 1.82) is 0 Å². The first-order valence-electron chi connectivity index (χ1n) is 9.80. The second-order valence-corrected chi connectivity index (χ2v) is 7.75. The van der Waals surface area contributed by atoms with Gasteiger partial charge in [0.15, 0.2) is 0 Å². The Kier molecular flexibility index (Phi) is 5.23. The lowest BCUT2D eigenvalue weighted by molar-refractivity contribution is 0.0529. The Bertz CT molecular complexity index is 703. The molecule has 1 aromatic carbocycles. The summed E-state index contributed by atoms with van der Waals surface area (Å²) in [7, 11) is 0. The van der Waals surface area contributed by atoms with Crippen LogP contribution in [-0.4, -0.2) is 36.8 Å². The molecule has 2 fully saturated rings. The van der Waals surface area contributed by atoms with Crippen LogP contribution < -0.4 is 10.2 Å².